The van der Waals surface area contributed by atoms with E-state index < -0.39 is 0 Å². The van der Waals surface area contributed by atoms with Gasteiger partial charge in [0.15, 0.2) is 0 Å². The molecular weight excluding hydrogens is 749 g/mol. The summed E-state index contributed by atoms with van der Waals surface area (Å²) < 4.78 is 4.84. The molecule has 0 atom stereocenters. The van der Waals surface area contributed by atoms with E-state index in [1.807, 2.05) is 0 Å². The van der Waals surface area contributed by atoms with Gasteiger partial charge in [0.05, 0.1) is 27.8 Å². The second-order valence-electron chi connectivity index (χ2n) is 16.1. The minimum absolute atomic E-state index is 1.14. The van der Waals surface area contributed by atoms with Crippen molar-refractivity contribution in [1.29, 1.82) is 0 Å². The summed E-state index contributed by atoms with van der Waals surface area (Å²) in [7, 11) is 0. The number of aromatic nitrogens is 2. The SMILES string of the molecule is c1ccc(-c2cccc(-c3cccc(-c4ccc(-n5c6ccccc6c6cc(-c7ccc8c(c7)c7ccccc7n8-c7ccccc7-c7ccccc7)ccc65)cc4)c3)c2)cc1. The number of hydrogen-bond acceptors (Lipinski definition) is 0. The molecule has 0 bridgehead atoms. The minimum atomic E-state index is 1.14. The molecule has 0 saturated heterocycles. The summed E-state index contributed by atoms with van der Waals surface area (Å²) in [5, 5.41) is 4.98. The molecule has 2 heteroatoms. The summed E-state index contributed by atoms with van der Waals surface area (Å²) in [5.41, 5.74) is 19.2. The molecule has 2 aromatic heterocycles. The van der Waals surface area contributed by atoms with Gasteiger partial charge in [-0.3, -0.25) is 0 Å². The molecule has 0 saturated carbocycles. The third-order valence-electron chi connectivity index (χ3n) is 12.5. The van der Waals surface area contributed by atoms with Crippen LogP contribution in [0.1, 0.15) is 0 Å². The maximum atomic E-state index is 2.43. The first-order valence-electron chi connectivity index (χ1n) is 21.3. The minimum Gasteiger partial charge on any atom is -0.309 e. The molecule has 62 heavy (non-hydrogen) atoms. The van der Waals surface area contributed by atoms with Gasteiger partial charge in [0.1, 0.15) is 0 Å². The predicted octanol–water partition coefficient (Wildman–Crippen LogP) is 16.2. The zero-order valence-electron chi connectivity index (χ0n) is 34.0. The summed E-state index contributed by atoms with van der Waals surface area (Å²) in [5.74, 6) is 0. The lowest BCUT2D eigenvalue weighted by Crippen LogP contribution is -1.97. The fourth-order valence-corrected chi connectivity index (χ4v) is 9.56. The molecule has 2 heterocycles. The lowest BCUT2D eigenvalue weighted by atomic mass is 9.96. The van der Waals surface area contributed by atoms with Crippen molar-refractivity contribution in [3.8, 4) is 67.0 Å². The molecule has 0 radical (unpaired) electrons. The topological polar surface area (TPSA) is 9.86 Å². The van der Waals surface area contributed by atoms with Crippen molar-refractivity contribution in [3.63, 3.8) is 0 Å². The monoisotopic (exact) mass is 788 g/mol. The number of rotatable bonds is 7. The number of benzene rings is 10. The molecule has 0 aliphatic rings. The Balaban J connectivity index is 0.914. The first-order chi connectivity index (χ1) is 30.7. The van der Waals surface area contributed by atoms with Gasteiger partial charge in [-0.05, 0) is 117 Å². The molecule has 0 aliphatic carbocycles. The highest BCUT2D eigenvalue weighted by molar-refractivity contribution is 6.13. The summed E-state index contributed by atoms with van der Waals surface area (Å²) in [4.78, 5) is 0. The van der Waals surface area contributed by atoms with Gasteiger partial charge in [0.25, 0.3) is 0 Å². The number of fused-ring (bicyclic) bond motifs is 6. The van der Waals surface area contributed by atoms with Crippen molar-refractivity contribution in [1.82, 2.24) is 9.13 Å². The highest BCUT2D eigenvalue weighted by atomic mass is 15.0. The van der Waals surface area contributed by atoms with E-state index in [9.17, 15) is 0 Å². The maximum absolute atomic E-state index is 2.43. The number of hydrogen-bond donors (Lipinski definition) is 0. The van der Waals surface area contributed by atoms with E-state index in [1.165, 1.54) is 105 Å². The van der Waals surface area contributed by atoms with Gasteiger partial charge >= 0.3 is 0 Å². The van der Waals surface area contributed by atoms with E-state index in [0.29, 0.717) is 0 Å². The van der Waals surface area contributed by atoms with Crippen LogP contribution in [0.5, 0.6) is 0 Å². The summed E-state index contributed by atoms with van der Waals surface area (Å²) in [6.07, 6.45) is 0. The quantitative estimate of drug-likeness (QED) is 0.152. The van der Waals surface area contributed by atoms with Crippen LogP contribution in [0.25, 0.3) is 111 Å². The van der Waals surface area contributed by atoms with Crippen LogP contribution in [-0.2, 0) is 0 Å². The smallest absolute Gasteiger partial charge is 0.0541 e. The molecule has 12 rings (SSSR count). The maximum Gasteiger partial charge on any atom is 0.0541 e. The standard InChI is InChI=1S/C60H40N2/c1-3-15-41(16-4-1)44-19-13-21-46(37-44)47-22-14-20-45(38-47)42-29-33-50(34-30-42)61-57-27-11-8-24-52(57)54-39-48(31-35-59(54)61)49-32-36-60-55(40-49)53-25-9-12-28-58(53)62(60)56-26-10-7-23-51(56)43-17-5-2-6-18-43/h1-40H. The van der Waals surface area contributed by atoms with Crippen molar-refractivity contribution in [3.05, 3.63) is 243 Å². The molecule has 0 unspecified atom stereocenters. The van der Waals surface area contributed by atoms with Crippen molar-refractivity contribution < 1.29 is 0 Å². The van der Waals surface area contributed by atoms with Gasteiger partial charge in [0, 0.05) is 32.8 Å². The third-order valence-corrected chi connectivity index (χ3v) is 12.5. The second kappa shape index (κ2) is 14.8. The van der Waals surface area contributed by atoms with Gasteiger partial charge in [-0.25, -0.2) is 0 Å². The Morgan fingerprint density at radius 3 is 1.19 bits per heavy atom. The molecule has 10 aromatic carbocycles. The second-order valence-corrected chi connectivity index (χ2v) is 16.1. The molecule has 0 N–H and O–H groups in total. The van der Waals surface area contributed by atoms with E-state index in [-0.39, 0.29) is 0 Å². The van der Waals surface area contributed by atoms with Crippen LogP contribution >= 0.6 is 0 Å². The summed E-state index contributed by atoms with van der Waals surface area (Å²) in [6, 6.07) is 88.3. The first kappa shape index (κ1) is 35.7. The molecule has 2 nitrogen and oxygen atoms in total. The predicted molar refractivity (Wildman–Crippen MR) is 262 cm³/mol. The van der Waals surface area contributed by atoms with Gasteiger partial charge in [-0.15, -0.1) is 0 Å². The highest BCUT2D eigenvalue weighted by Gasteiger charge is 2.18. The Morgan fingerprint density at radius 2 is 0.597 bits per heavy atom. The first-order valence-corrected chi connectivity index (χ1v) is 21.3. The molecule has 0 amide bonds. The lowest BCUT2D eigenvalue weighted by Gasteiger charge is -2.14. The van der Waals surface area contributed by atoms with E-state index in [0.717, 1.165) is 5.69 Å². The third kappa shape index (κ3) is 6.04. The van der Waals surface area contributed by atoms with Gasteiger partial charge < -0.3 is 9.13 Å². The van der Waals surface area contributed by atoms with Crippen molar-refractivity contribution in [2.24, 2.45) is 0 Å². The van der Waals surface area contributed by atoms with Crippen LogP contribution in [0, 0.1) is 0 Å². The zero-order chi connectivity index (χ0) is 41.0. The number of nitrogens with zero attached hydrogens (tertiary/aromatic N) is 2. The van der Waals surface area contributed by atoms with Crippen LogP contribution in [-0.4, -0.2) is 9.13 Å². The van der Waals surface area contributed by atoms with Crippen LogP contribution in [0.3, 0.4) is 0 Å². The highest BCUT2D eigenvalue weighted by Crippen LogP contribution is 2.40. The van der Waals surface area contributed by atoms with E-state index in [2.05, 4.69) is 252 Å². The van der Waals surface area contributed by atoms with Crippen LogP contribution < -0.4 is 0 Å². The Kier molecular flexibility index (Phi) is 8.53. The summed E-state index contributed by atoms with van der Waals surface area (Å²) in [6.45, 7) is 0. The lowest BCUT2D eigenvalue weighted by molar-refractivity contribution is 1.18. The Labute approximate surface area is 360 Å². The zero-order valence-corrected chi connectivity index (χ0v) is 34.0. The molecule has 290 valence electrons. The van der Waals surface area contributed by atoms with Gasteiger partial charge in [-0.2, -0.15) is 0 Å². The molecule has 0 spiro atoms. The van der Waals surface area contributed by atoms with E-state index in [1.54, 1.807) is 0 Å². The largest absolute Gasteiger partial charge is 0.309 e. The summed E-state index contributed by atoms with van der Waals surface area (Å²) >= 11 is 0. The van der Waals surface area contributed by atoms with Crippen molar-refractivity contribution in [2.45, 2.75) is 0 Å². The Bertz CT molecular complexity index is 3610. The fourth-order valence-electron chi connectivity index (χ4n) is 9.56. The average molecular weight is 789 g/mol. The van der Waals surface area contributed by atoms with Crippen LogP contribution in [0.2, 0.25) is 0 Å². The Hall–Kier alpha value is -8.20. The molecule has 12 aromatic rings. The van der Waals surface area contributed by atoms with Crippen LogP contribution in [0.15, 0.2) is 243 Å². The number of para-hydroxylation sites is 3. The van der Waals surface area contributed by atoms with E-state index >= 15 is 0 Å². The van der Waals surface area contributed by atoms with Crippen molar-refractivity contribution >= 4 is 43.6 Å². The van der Waals surface area contributed by atoms with Crippen LogP contribution in [0.4, 0.5) is 0 Å². The molecule has 0 fully saturated rings. The van der Waals surface area contributed by atoms with E-state index in [4.69, 9.17) is 0 Å². The molecule has 0 aliphatic heterocycles. The molecular formula is C60H40N2. The van der Waals surface area contributed by atoms with Crippen molar-refractivity contribution in [2.75, 3.05) is 0 Å². The van der Waals surface area contributed by atoms with Gasteiger partial charge in [-0.1, -0.05) is 176 Å². The fraction of sp³-hybridized carbons (Fsp3) is 0. The average Bonchev–Trinajstić information content (AvgIpc) is 3.87. The van der Waals surface area contributed by atoms with Gasteiger partial charge in [0.2, 0.25) is 0 Å². The Morgan fingerprint density at radius 1 is 0.210 bits per heavy atom. The normalized spacial score (nSPS) is 11.5.